The molecule has 0 aromatic rings. The fourth-order valence-corrected chi connectivity index (χ4v) is 3.89. The van der Waals surface area contributed by atoms with Gasteiger partial charge in [0.1, 0.15) is 5.60 Å². The predicted molar refractivity (Wildman–Crippen MR) is 84.8 cm³/mol. The van der Waals surface area contributed by atoms with Crippen molar-refractivity contribution in [1.29, 1.82) is 0 Å². The van der Waals surface area contributed by atoms with Crippen molar-refractivity contribution >= 4 is 6.09 Å². The summed E-state index contributed by atoms with van der Waals surface area (Å²) in [6.45, 7) is 8.37. The van der Waals surface area contributed by atoms with Crippen LogP contribution in [0.4, 0.5) is 4.79 Å². The van der Waals surface area contributed by atoms with Crippen molar-refractivity contribution in [2.75, 3.05) is 19.6 Å². The summed E-state index contributed by atoms with van der Waals surface area (Å²) in [5.74, 6) is 0.528. The van der Waals surface area contributed by atoms with Crippen molar-refractivity contribution < 1.29 is 14.3 Å². The van der Waals surface area contributed by atoms with Gasteiger partial charge in [-0.05, 0) is 58.8 Å². The number of fused-ring (bicyclic) bond motifs is 2. The highest BCUT2D eigenvalue weighted by molar-refractivity contribution is 5.68. The van der Waals surface area contributed by atoms with Gasteiger partial charge in [-0.25, -0.2) is 4.79 Å². The lowest BCUT2D eigenvalue weighted by Gasteiger charge is -2.35. The summed E-state index contributed by atoms with van der Waals surface area (Å²) in [6.07, 6.45) is 6.61. The molecule has 4 unspecified atom stereocenters. The molecule has 5 nitrogen and oxygen atoms in total. The maximum absolute atomic E-state index is 12.2. The van der Waals surface area contributed by atoms with E-state index in [2.05, 4.69) is 5.32 Å². The Morgan fingerprint density at radius 3 is 2.77 bits per heavy atom. The molecule has 0 saturated carbocycles. The molecular weight excluding hydrogens is 280 g/mol. The number of nitrogens with zero attached hydrogens (tertiary/aromatic N) is 1. The van der Waals surface area contributed by atoms with Crippen LogP contribution in [0.2, 0.25) is 0 Å². The van der Waals surface area contributed by atoms with Crippen molar-refractivity contribution in [3.8, 4) is 0 Å². The molecule has 126 valence electrons. The second kappa shape index (κ2) is 6.36. The third kappa shape index (κ3) is 3.93. The molecule has 2 bridgehead atoms. The van der Waals surface area contributed by atoms with E-state index >= 15 is 0 Å². The predicted octanol–water partition coefficient (Wildman–Crippen LogP) is 2.54. The minimum Gasteiger partial charge on any atom is -0.444 e. The Balaban J connectivity index is 1.43. The normalized spacial score (nSPS) is 35.0. The van der Waals surface area contributed by atoms with Crippen LogP contribution in [0.5, 0.6) is 0 Å². The van der Waals surface area contributed by atoms with Crippen LogP contribution < -0.4 is 5.32 Å². The van der Waals surface area contributed by atoms with Crippen molar-refractivity contribution in [3.05, 3.63) is 0 Å². The monoisotopic (exact) mass is 310 g/mol. The van der Waals surface area contributed by atoms with Crippen LogP contribution in [-0.4, -0.2) is 54.5 Å². The lowest BCUT2D eigenvalue weighted by atomic mass is 9.93. The van der Waals surface area contributed by atoms with E-state index in [0.717, 1.165) is 32.5 Å². The smallest absolute Gasteiger partial charge is 0.410 e. The Labute approximate surface area is 133 Å². The number of carbonyl (C=O) groups excluding carboxylic acids is 1. The lowest BCUT2D eigenvalue weighted by molar-refractivity contribution is 0.0163. The van der Waals surface area contributed by atoms with Crippen LogP contribution >= 0.6 is 0 Å². The number of amides is 1. The molecule has 3 heterocycles. The quantitative estimate of drug-likeness (QED) is 0.870. The van der Waals surface area contributed by atoms with Gasteiger partial charge >= 0.3 is 6.09 Å². The first kappa shape index (κ1) is 16.1. The maximum atomic E-state index is 12.2. The molecule has 22 heavy (non-hydrogen) atoms. The molecule has 4 atom stereocenters. The summed E-state index contributed by atoms with van der Waals surface area (Å²) in [5, 5.41) is 3.69. The lowest BCUT2D eigenvalue weighted by Crippen LogP contribution is -2.47. The fourth-order valence-electron chi connectivity index (χ4n) is 3.89. The number of nitrogens with one attached hydrogen (secondary N) is 1. The summed E-state index contributed by atoms with van der Waals surface area (Å²) >= 11 is 0. The summed E-state index contributed by atoms with van der Waals surface area (Å²) < 4.78 is 11.4. The Morgan fingerprint density at radius 1 is 1.32 bits per heavy atom. The fraction of sp³-hybridized carbons (Fsp3) is 0.941. The first-order valence-electron chi connectivity index (χ1n) is 8.77. The topological polar surface area (TPSA) is 50.8 Å². The van der Waals surface area contributed by atoms with E-state index in [9.17, 15) is 4.79 Å². The van der Waals surface area contributed by atoms with E-state index in [1.165, 1.54) is 19.3 Å². The zero-order valence-corrected chi connectivity index (χ0v) is 14.1. The van der Waals surface area contributed by atoms with Gasteiger partial charge in [0.15, 0.2) is 0 Å². The van der Waals surface area contributed by atoms with Crippen molar-refractivity contribution in [2.24, 2.45) is 5.92 Å². The van der Waals surface area contributed by atoms with Crippen LogP contribution in [0.1, 0.15) is 52.9 Å². The van der Waals surface area contributed by atoms with Gasteiger partial charge < -0.3 is 19.7 Å². The second-order valence-electron chi connectivity index (χ2n) is 8.06. The van der Waals surface area contributed by atoms with Crippen LogP contribution in [0.15, 0.2) is 0 Å². The highest BCUT2D eigenvalue weighted by Gasteiger charge is 2.40. The summed E-state index contributed by atoms with van der Waals surface area (Å²) in [5.41, 5.74) is -0.414. The number of carbonyl (C=O) groups is 1. The first-order chi connectivity index (χ1) is 10.4. The van der Waals surface area contributed by atoms with E-state index < -0.39 is 5.60 Å². The molecule has 3 fully saturated rings. The molecule has 3 saturated heterocycles. The largest absolute Gasteiger partial charge is 0.444 e. The number of ether oxygens (including phenoxy) is 2. The SMILES string of the molecule is CC(C)(C)OC(=O)N1CCCC(CNC2CC3CCC2O3)C1. The Hall–Kier alpha value is -0.810. The minimum absolute atomic E-state index is 0.166. The van der Waals surface area contributed by atoms with Crippen molar-refractivity contribution in [3.63, 3.8) is 0 Å². The van der Waals surface area contributed by atoms with E-state index in [1.54, 1.807) is 0 Å². The molecule has 3 rings (SSSR count). The average molecular weight is 310 g/mol. The molecule has 0 spiro atoms. The number of piperidine rings is 1. The standard InChI is InChI=1S/C17H30N2O3/c1-17(2,3)22-16(20)19-8-4-5-12(11-19)10-18-14-9-13-6-7-15(14)21-13/h12-15,18H,4-11H2,1-3H3. The van der Waals surface area contributed by atoms with E-state index in [0.29, 0.717) is 24.2 Å². The molecular formula is C17H30N2O3. The zero-order valence-electron chi connectivity index (χ0n) is 14.1. The van der Waals surface area contributed by atoms with E-state index in [1.807, 2.05) is 25.7 Å². The first-order valence-corrected chi connectivity index (χ1v) is 8.77. The molecule has 1 amide bonds. The number of hydrogen-bond acceptors (Lipinski definition) is 4. The number of hydrogen-bond donors (Lipinski definition) is 1. The third-order valence-corrected chi connectivity index (χ3v) is 4.95. The van der Waals surface area contributed by atoms with Crippen LogP contribution in [0.3, 0.4) is 0 Å². The molecule has 3 aliphatic rings. The molecule has 5 heteroatoms. The van der Waals surface area contributed by atoms with Crippen LogP contribution in [0, 0.1) is 5.92 Å². The molecule has 1 N–H and O–H groups in total. The highest BCUT2D eigenvalue weighted by atomic mass is 16.6. The van der Waals surface area contributed by atoms with Gasteiger partial charge in [0.05, 0.1) is 12.2 Å². The average Bonchev–Trinajstić information content (AvgIpc) is 3.06. The molecule has 3 aliphatic heterocycles. The van der Waals surface area contributed by atoms with Gasteiger partial charge in [-0.15, -0.1) is 0 Å². The minimum atomic E-state index is -0.414. The summed E-state index contributed by atoms with van der Waals surface area (Å²) in [7, 11) is 0. The highest BCUT2D eigenvalue weighted by Crippen LogP contribution is 2.34. The van der Waals surface area contributed by atoms with Gasteiger partial charge in [0.25, 0.3) is 0 Å². The summed E-state index contributed by atoms with van der Waals surface area (Å²) in [6, 6.07) is 0.524. The molecule has 0 aliphatic carbocycles. The van der Waals surface area contributed by atoms with Gasteiger partial charge in [-0.1, -0.05) is 0 Å². The van der Waals surface area contributed by atoms with Gasteiger partial charge in [0, 0.05) is 25.7 Å². The maximum Gasteiger partial charge on any atom is 0.410 e. The zero-order chi connectivity index (χ0) is 15.7. The van der Waals surface area contributed by atoms with Crippen LogP contribution in [0.25, 0.3) is 0 Å². The number of likely N-dealkylation sites (tertiary alicyclic amines) is 1. The van der Waals surface area contributed by atoms with Gasteiger partial charge in [0.2, 0.25) is 0 Å². The molecule has 0 aromatic carbocycles. The summed E-state index contributed by atoms with van der Waals surface area (Å²) in [4.78, 5) is 14.1. The van der Waals surface area contributed by atoms with E-state index in [-0.39, 0.29) is 6.09 Å². The molecule has 0 radical (unpaired) electrons. The van der Waals surface area contributed by atoms with Crippen LogP contribution in [-0.2, 0) is 9.47 Å². The van der Waals surface area contributed by atoms with Crippen molar-refractivity contribution in [1.82, 2.24) is 10.2 Å². The van der Waals surface area contributed by atoms with Gasteiger partial charge in [-0.3, -0.25) is 0 Å². The van der Waals surface area contributed by atoms with E-state index in [4.69, 9.17) is 9.47 Å². The second-order valence-corrected chi connectivity index (χ2v) is 8.06. The van der Waals surface area contributed by atoms with Crippen molar-refractivity contribution in [2.45, 2.75) is 76.7 Å². The van der Waals surface area contributed by atoms with Gasteiger partial charge in [-0.2, -0.15) is 0 Å². The Bertz CT molecular complexity index is 407. The Morgan fingerprint density at radius 2 is 2.14 bits per heavy atom. The third-order valence-electron chi connectivity index (χ3n) is 4.95. The Kier molecular flexibility index (Phi) is 4.64. The number of rotatable bonds is 3. The molecule has 0 aromatic heterocycles.